The van der Waals surface area contributed by atoms with Crippen LogP contribution in [0.2, 0.25) is 0 Å². The Bertz CT molecular complexity index is 173. The monoisotopic (exact) mass is 186 g/mol. The van der Waals surface area contributed by atoms with Gasteiger partial charge < -0.3 is 10.2 Å². The zero-order chi connectivity index (χ0) is 10.2. The maximum absolute atomic E-state index is 9.89. The van der Waals surface area contributed by atoms with Gasteiger partial charge in [0.1, 0.15) is 0 Å². The smallest absolute Gasteiger partial charge is 0.0852 e. The first-order valence-electron chi connectivity index (χ1n) is 5.22. The third kappa shape index (κ3) is 2.05. The first kappa shape index (κ1) is 11.0. The summed E-state index contributed by atoms with van der Waals surface area (Å²) in [7, 11) is 0. The van der Waals surface area contributed by atoms with E-state index in [1.54, 1.807) is 0 Å². The minimum atomic E-state index is -0.561. The van der Waals surface area contributed by atoms with Gasteiger partial charge in [0.15, 0.2) is 0 Å². The Morgan fingerprint density at radius 2 is 1.77 bits per heavy atom. The van der Waals surface area contributed by atoms with Crippen molar-refractivity contribution >= 4 is 0 Å². The van der Waals surface area contributed by atoms with E-state index in [9.17, 15) is 10.2 Å². The van der Waals surface area contributed by atoms with Crippen molar-refractivity contribution in [1.82, 2.24) is 0 Å². The van der Waals surface area contributed by atoms with E-state index in [0.29, 0.717) is 5.92 Å². The summed E-state index contributed by atoms with van der Waals surface area (Å²) in [5.74, 6) is 0.726. The van der Waals surface area contributed by atoms with E-state index < -0.39 is 12.2 Å². The van der Waals surface area contributed by atoms with E-state index in [2.05, 4.69) is 13.8 Å². The first-order chi connectivity index (χ1) is 5.86. The third-order valence-corrected chi connectivity index (χ3v) is 3.54. The lowest BCUT2D eigenvalue weighted by Gasteiger charge is -2.44. The summed E-state index contributed by atoms with van der Waals surface area (Å²) in [5.41, 5.74) is -0.120. The van der Waals surface area contributed by atoms with Gasteiger partial charge in [-0.3, -0.25) is 0 Å². The molecule has 0 aromatic carbocycles. The molecule has 0 bridgehead atoms. The molecule has 2 heteroatoms. The average Bonchev–Trinajstić information content (AvgIpc) is 2.00. The molecule has 1 aliphatic carbocycles. The fourth-order valence-electron chi connectivity index (χ4n) is 2.28. The molecule has 0 radical (unpaired) electrons. The second kappa shape index (κ2) is 3.58. The minimum absolute atomic E-state index is 0.120. The molecular formula is C11H22O2. The highest BCUT2D eigenvalue weighted by atomic mass is 16.3. The lowest BCUT2D eigenvalue weighted by atomic mass is 9.66. The molecule has 0 aliphatic heterocycles. The zero-order valence-corrected chi connectivity index (χ0v) is 9.12. The van der Waals surface area contributed by atoms with Gasteiger partial charge in [-0.2, -0.15) is 0 Å². The van der Waals surface area contributed by atoms with Crippen LogP contribution in [0.5, 0.6) is 0 Å². The third-order valence-electron chi connectivity index (χ3n) is 3.54. The van der Waals surface area contributed by atoms with Crippen LogP contribution in [0, 0.1) is 17.3 Å². The SMILES string of the molecule is CC(C)C1CCC(C)(C)C(O)C1O. The molecule has 2 nitrogen and oxygen atoms in total. The van der Waals surface area contributed by atoms with Crippen LogP contribution in [-0.2, 0) is 0 Å². The average molecular weight is 186 g/mol. The van der Waals surface area contributed by atoms with Crippen molar-refractivity contribution in [1.29, 1.82) is 0 Å². The molecule has 3 atom stereocenters. The number of rotatable bonds is 1. The predicted octanol–water partition coefficient (Wildman–Crippen LogP) is 1.80. The van der Waals surface area contributed by atoms with Crippen molar-refractivity contribution in [2.45, 2.75) is 52.7 Å². The molecule has 0 aromatic rings. The fourth-order valence-corrected chi connectivity index (χ4v) is 2.28. The van der Waals surface area contributed by atoms with E-state index in [0.717, 1.165) is 12.8 Å². The summed E-state index contributed by atoms with van der Waals surface area (Å²) >= 11 is 0. The highest BCUT2D eigenvalue weighted by molar-refractivity contribution is 4.93. The summed E-state index contributed by atoms with van der Waals surface area (Å²) in [6.45, 7) is 8.27. The minimum Gasteiger partial charge on any atom is -0.390 e. The summed E-state index contributed by atoms with van der Waals surface area (Å²) in [6.07, 6.45) is 0.939. The maximum atomic E-state index is 9.89. The van der Waals surface area contributed by atoms with Crippen molar-refractivity contribution in [3.8, 4) is 0 Å². The summed E-state index contributed by atoms with van der Waals surface area (Å²) in [5, 5.41) is 19.8. The first-order valence-corrected chi connectivity index (χ1v) is 5.22. The van der Waals surface area contributed by atoms with Crippen molar-refractivity contribution in [2.24, 2.45) is 17.3 Å². The van der Waals surface area contributed by atoms with Gasteiger partial charge in [0.2, 0.25) is 0 Å². The fraction of sp³-hybridized carbons (Fsp3) is 1.00. The lowest BCUT2D eigenvalue weighted by Crippen LogP contribution is -2.49. The molecule has 13 heavy (non-hydrogen) atoms. The van der Waals surface area contributed by atoms with Crippen LogP contribution >= 0.6 is 0 Å². The Balaban J connectivity index is 2.70. The van der Waals surface area contributed by atoms with Crippen LogP contribution in [-0.4, -0.2) is 22.4 Å². The standard InChI is InChI=1S/C11H22O2/c1-7(2)8-5-6-11(3,4)10(13)9(8)12/h7-10,12-13H,5-6H2,1-4H3. The summed E-state index contributed by atoms with van der Waals surface area (Å²) in [4.78, 5) is 0. The van der Waals surface area contributed by atoms with Crippen LogP contribution in [0.3, 0.4) is 0 Å². The van der Waals surface area contributed by atoms with Crippen LogP contribution in [0.25, 0.3) is 0 Å². The lowest BCUT2D eigenvalue weighted by molar-refractivity contribution is -0.118. The number of aliphatic hydroxyl groups excluding tert-OH is 2. The molecule has 0 heterocycles. The van der Waals surface area contributed by atoms with Gasteiger partial charge in [0.25, 0.3) is 0 Å². The normalized spacial score (nSPS) is 39.5. The van der Waals surface area contributed by atoms with Gasteiger partial charge in [-0.15, -0.1) is 0 Å². The molecule has 1 aliphatic rings. The van der Waals surface area contributed by atoms with E-state index in [4.69, 9.17) is 0 Å². The van der Waals surface area contributed by atoms with Crippen molar-refractivity contribution < 1.29 is 10.2 Å². The van der Waals surface area contributed by atoms with E-state index in [1.165, 1.54) is 0 Å². The van der Waals surface area contributed by atoms with Gasteiger partial charge in [0, 0.05) is 0 Å². The Kier molecular flexibility index (Phi) is 3.03. The second-order valence-electron chi connectivity index (χ2n) is 5.37. The molecule has 0 spiro atoms. The van der Waals surface area contributed by atoms with Gasteiger partial charge in [-0.1, -0.05) is 27.7 Å². The van der Waals surface area contributed by atoms with Crippen LogP contribution in [0.4, 0.5) is 0 Å². The molecular weight excluding hydrogens is 164 g/mol. The largest absolute Gasteiger partial charge is 0.390 e. The van der Waals surface area contributed by atoms with Gasteiger partial charge in [0.05, 0.1) is 12.2 Å². The Hall–Kier alpha value is -0.0800. The zero-order valence-electron chi connectivity index (χ0n) is 9.12. The van der Waals surface area contributed by atoms with E-state index in [1.807, 2.05) is 13.8 Å². The number of hydrogen-bond donors (Lipinski definition) is 2. The quantitative estimate of drug-likeness (QED) is 0.655. The van der Waals surface area contributed by atoms with Crippen molar-refractivity contribution in [3.63, 3.8) is 0 Å². The van der Waals surface area contributed by atoms with Gasteiger partial charge in [-0.25, -0.2) is 0 Å². The topological polar surface area (TPSA) is 40.5 Å². The van der Waals surface area contributed by atoms with Gasteiger partial charge >= 0.3 is 0 Å². The Morgan fingerprint density at radius 1 is 1.23 bits per heavy atom. The van der Waals surface area contributed by atoms with Crippen molar-refractivity contribution in [3.05, 3.63) is 0 Å². The molecule has 78 valence electrons. The maximum Gasteiger partial charge on any atom is 0.0852 e. The van der Waals surface area contributed by atoms with Crippen LogP contribution in [0.1, 0.15) is 40.5 Å². The van der Waals surface area contributed by atoms with E-state index >= 15 is 0 Å². The molecule has 1 rings (SSSR count). The molecule has 3 unspecified atom stereocenters. The molecule has 1 fully saturated rings. The van der Waals surface area contributed by atoms with E-state index in [-0.39, 0.29) is 11.3 Å². The number of aliphatic hydroxyl groups is 2. The van der Waals surface area contributed by atoms with Crippen molar-refractivity contribution in [2.75, 3.05) is 0 Å². The predicted molar refractivity (Wildman–Crippen MR) is 53.4 cm³/mol. The summed E-state index contributed by atoms with van der Waals surface area (Å²) < 4.78 is 0. The highest BCUT2D eigenvalue weighted by Crippen LogP contribution is 2.41. The van der Waals surface area contributed by atoms with Crippen LogP contribution in [0.15, 0.2) is 0 Å². The molecule has 0 saturated heterocycles. The second-order valence-corrected chi connectivity index (χ2v) is 5.37. The summed E-state index contributed by atoms with van der Waals surface area (Å²) in [6, 6.07) is 0. The molecule has 0 amide bonds. The molecule has 1 saturated carbocycles. The number of hydrogen-bond acceptors (Lipinski definition) is 2. The molecule has 0 aromatic heterocycles. The highest BCUT2D eigenvalue weighted by Gasteiger charge is 2.42. The molecule has 2 N–H and O–H groups in total. The van der Waals surface area contributed by atoms with Crippen LogP contribution < -0.4 is 0 Å². The van der Waals surface area contributed by atoms with Gasteiger partial charge in [-0.05, 0) is 30.1 Å². The Morgan fingerprint density at radius 3 is 2.23 bits per heavy atom. The Labute approximate surface area is 81.0 Å².